The summed E-state index contributed by atoms with van der Waals surface area (Å²) in [6.07, 6.45) is 0. The Hall–Kier alpha value is -2.78. The summed E-state index contributed by atoms with van der Waals surface area (Å²) in [5.41, 5.74) is 4.42. The van der Waals surface area contributed by atoms with Crippen molar-refractivity contribution in [1.82, 2.24) is 0 Å². The summed E-state index contributed by atoms with van der Waals surface area (Å²) in [6.45, 7) is 0. The molecule has 0 heterocycles. The van der Waals surface area contributed by atoms with E-state index in [4.69, 9.17) is 0 Å². The molecule has 0 saturated heterocycles. The average molecular weight is 253 g/mol. The smallest absolute Gasteiger partial charge is 0.0327 e. The van der Waals surface area contributed by atoms with E-state index in [-0.39, 0.29) is 0 Å². The lowest BCUT2D eigenvalue weighted by Crippen LogP contribution is -1.83. The molecule has 0 amide bonds. The van der Waals surface area contributed by atoms with Gasteiger partial charge in [0, 0.05) is 11.1 Å². The van der Waals surface area contributed by atoms with E-state index >= 15 is 0 Å². The van der Waals surface area contributed by atoms with Crippen molar-refractivity contribution in [3.05, 3.63) is 96.1 Å². The van der Waals surface area contributed by atoms with Crippen LogP contribution in [0, 0.1) is 17.9 Å². The molecule has 0 heteroatoms. The summed E-state index contributed by atoms with van der Waals surface area (Å²) < 4.78 is 0. The Morgan fingerprint density at radius 2 is 1.35 bits per heavy atom. The fourth-order valence-electron chi connectivity index (χ4n) is 2.07. The Kier molecular flexibility index (Phi) is 3.62. The molecule has 0 saturated carbocycles. The molecule has 3 aromatic carbocycles. The van der Waals surface area contributed by atoms with Gasteiger partial charge in [-0.2, -0.15) is 0 Å². The van der Waals surface area contributed by atoms with Gasteiger partial charge in [0.1, 0.15) is 0 Å². The predicted octanol–water partition coefficient (Wildman–Crippen LogP) is 4.55. The molecule has 20 heavy (non-hydrogen) atoms. The SMILES string of the molecule is C(#Cc1ccccc1-c1ccccc1)c1cc[c]cc1. The van der Waals surface area contributed by atoms with E-state index in [1.54, 1.807) is 0 Å². The van der Waals surface area contributed by atoms with E-state index in [2.05, 4.69) is 42.2 Å². The molecular weight excluding hydrogens is 240 g/mol. The summed E-state index contributed by atoms with van der Waals surface area (Å²) in [7, 11) is 0. The summed E-state index contributed by atoms with van der Waals surface area (Å²) in [4.78, 5) is 0. The highest BCUT2D eigenvalue weighted by molar-refractivity contribution is 5.71. The molecule has 0 aromatic heterocycles. The Morgan fingerprint density at radius 3 is 2.15 bits per heavy atom. The van der Waals surface area contributed by atoms with Crippen molar-refractivity contribution in [1.29, 1.82) is 0 Å². The summed E-state index contributed by atoms with van der Waals surface area (Å²) >= 11 is 0. The first kappa shape index (κ1) is 12.3. The highest BCUT2D eigenvalue weighted by Gasteiger charge is 2.00. The molecule has 0 spiro atoms. The van der Waals surface area contributed by atoms with E-state index in [9.17, 15) is 0 Å². The first-order valence-electron chi connectivity index (χ1n) is 6.56. The molecule has 0 bridgehead atoms. The van der Waals surface area contributed by atoms with Crippen LogP contribution < -0.4 is 0 Å². The van der Waals surface area contributed by atoms with Gasteiger partial charge in [-0.1, -0.05) is 72.5 Å². The molecule has 0 aliphatic heterocycles. The number of rotatable bonds is 1. The van der Waals surface area contributed by atoms with Gasteiger partial charge in [0.2, 0.25) is 0 Å². The average Bonchev–Trinajstić information content (AvgIpc) is 2.55. The molecule has 1 radical (unpaired) electrons. The zero-order chi connectivity index (χ0) is 13.6. The van der Waals surface area contributed by atoms with Crippen LogP contribution in [0.2, 0.25) is 0 Å². The lowest BCUT2D eigenvalue weighted by molar-refractivity contribution is 1.58. The second-order valence-electron chi connectivity index (χ2n) is 4.45. The maximum atomic E-state index is 3.26. The van der Waals surface area contributed by atoms with Gasteiger partial charge in [-0.15, -0.1) is 0 Å². The normalized spacial score (nSPS) is 9.60. The van der Waals surface area contributed by atoms with Gasteiger partial charge in [-0.05, 0) is 35.4 Å². The van der Waals surface area contributed by atoms with Crippen LogP contribution in [0.25, 0.3) is 11.1 Å². The molecular formula is C20H13. The number of hydrogen-bond donors (Lipinski definition) is 0. The van der Waals surface area contributed by atoms with Crippen LogP contribution in [0.4, 0.5) is 0 Å². The Balaban J connectivity index is 2.02. The van der Waals surface area contributed by atoms with Gasteiger partial charge in [0.15, 0.2) is 0 Å². The second-order valence-corrected chi connectivity index (χ2v) is 4.45. The molecule has 0 nitrogen and oxygen atoms in total. The van der Waals surface area contributed by atoms with Gasteiger partial charge in [0.05, 0.1) is 0 Å². The van der Waals surface area contributed by atoms with Crippen molar-refractivity contribution in [2.45, 2.75) is 0 Å². The predicted molar refractivity (Wildman–Crippen MR) is 83.1 cm³/mol. The molecule has 0 aliphatic rings. The van der Waals surface area contributed by atoms with Crippen LogP contribution in [-0.2, 0) is 0 Å². The van der Waals surface area contributed by atoms with E-state index in [0.29, 0.717) is 0 Å². The maximum Gasteiger partial charge on any atom is 0.0327 e. The Morgan fingerprint density at radius 1 is 0.650 bits per heavy atom. The molecule has 3 aromatic rings. The monoisotopic (exact) mass is 253 g/mol. The maximum absolute atomic E-state index is 3.26. The molecule has 0 aliphatic carbocycles. The van der Waals surface area contributed by atoms with E-state index in [1.807, 2.05) is 54.6 Å². The third-order valence-electron chi connectivity index (χ3n) is 3.07. The lowest BCUT2D eigenvalue weighted by atomic mass is 10.00. The van der Waals surface area contributed by atoms with Gasteiger partial charge < -0.3 is 0 Å². The standard InChI is InChI=1S/C20H13/c1-3-9-17(10-4-1)15-16-19-13-7-8-14-20(19)18-11-5-2-6-12-18/h2-14H. The summed E-state index contributed by atoms with van der Waals surface area (Å²) in [5, 5.41) is 0. The van der Waals surface area contributed by atoms with Crippen LogP contribution in [0.5, 0.6) is 0 Å². The van der Waals surface area contributed by atoms with Crippen LogP contribution in [0.3, 0.4) is 0 Å². The van der Waals surface area contributed by atoms with Crippen LogP contribution in [0.15, 0.2) is 78.9 Å². The van der Waals surface area contributed by atoms with E-state index < -0.39 is 0 Å². The quantitative estimate of drug-likeness (QED) is 0.558. The minimum Gasteiger partial charge on any atom is -0.0622 e. The first-order chi connectivity index (χ1) is 9.93. The molecule has 93 valence electrons. The molecule has 0 fully saturated rings. The van der Waals surface area contributed by atoms with Crippen LogP contribution in [0.1, 0.15) is 11.1 Å². The van der Waals surface area contributed by atoms with Crippen molar-refractivity contribution in [2.24, 2.45) is 0 Å². The van der Waals surface area contributed by atoms with E-state index in [1.165, 1.54) is 11.1 Å². The lowest BCUT2D eigenvalue weighted by Gasteiger charge is -2.04. The zero-order valence-corrected chi connectivity index (χ0v) is 11.0. The van der Waals surface area contributed by atoms with Gasteiger partial charge in [-0.25, -0.2) is 0 Å². The highest BCUT2D eigenvalue weighted by Crippen LogP contribution is 2.22. The van der Waals surface area contributed by atoms with Crippen molar-refractivity contribution < 1.29 is 0 Å². The molecule has 0 N–H and O–H groups in total. The minimum atomic E-state index is 1.01. The summed E-state index contributed by atoms with van der Waals surface area (Å²) in [5.74, 6) is 6.47. The first-order valence-corrected chi connectivity index (χ1v) is 6.56. The van der Waals surface area contributed by atoms with Crippen molar-refractivity contribution >= 4 is 0 Å². The highest BCUT2D eigenvalue weighted by atomic mass is 14.0. The van der Waals surface area contributed by atoms with Crippen molar-refractivity contribution in [3.8, 4) is 23.0 Å². The third kappa shape index (κ3) is 2.79. The fraction of sp³-hybridized carbons (Fsp3) is 0. The largest absolute Gasteiger partial charge is 0.0622 e. The topological polar surface area (TPSA) is 0 Å². The van der Waals surface area contributed by atoms with Gasteiger partial charge in [0.25, 0.3) is 0 Å². The number of hydrogen-bond acceptors (Lipinski definition) is 0. The van der Waals surface area contributed by atoms with Gasteiger partial charge in [-0.3, -0.25) is 0 Å². The van der Waals surface area contributed by atoms with E-state index in [0.717, 1.165) is 11.1 Å². The summed E-state index contributed by atoms with van der Waals surface area (Å²) in [6, 6.07) is 29.3. The molecule has 0 unspecified atom stereocenters. The Bertz CT molecular complexity index is 744. The zero-order valence-electron chi connectivity index (χ0n) is 11.0. The minimum absolute atomic E-state index is 1.01. The molecule has 3 rings (SSSR count). The van der Waals surface area contributed by atoms with Crippen LogP contribution >= 0.6 is 0 Å². The third-order valence-corrected chi connectivity index (χ3v) is 3.07. The van der Waals surface area contributed by atoms with Crippen LogP contribution in [-0.4, -0.2) is 0 Å². The van der Waals surface area contributed by atoms with Crippen molar-refractivity contribution in [2.75, 3.05) is 0 Å². The second kappa shape index (κ2) is 5.91. The van der Waals surface area contributed by atoms with Gasteiger partial charge >= 0.3 is 0 Å². The fourth-order valence-corrected chi connectivity index (χ4v) is 2.07. The van der Waals surface area contributed by atoms with Crippen molar-refractivity contribution in [3.63, 3.8) is 0 Å². The number of benzene rings is 3. The molecule has 0 atom stereocenters. The Labute approximate surface area is 119 Å².